The number of carbonyl (C=O) groups excluding carboxylic acids is 2. The topological polar surface area (TPSA) is 129 Å². The monoisotopic (exact) mass is 525 g/mol. The van der Waals surface area contributed by atoms with Gasteiger partial charge in [-0.15, -0.1) is 11.3 Å². The Morgan fingerprint density at radius 1 is 1.08 bits per heavy atom. The Labute approximate surface area is 219 Å². The molecule has 5 heterocycles. The summed E-state index contributed by atoms with van der Waals surface area (Å²) in [5.74, 6) is -0.362. The van der Waals surface area contributed by atoms with Crippen molar-refractivity contribution in [2.75, 3.05) is 5.32 Å². The molecule has 0 aliphatic carbocycles. The van der Waals surface area contributed by atoms with E-state index in [9.17, 15) is 9.59 Å². The zero-order valence-corrected chi connectivity index (χ0v) is 21.1. The number of fused-ring (bicyclic) bond motifs is 2. The maximum Gasteiger partial charge on any atom is 0.224 e. The lowest BCUT2D eigenvalue weighted by molar-refractivity contribution is -0.115. The number of para-hydroxylation sites is 1. The summed E-state index contributed by atoms with van der Waals surface area (Å²) in [6.07, 6.45) is 4.80. The van der Waals surface area contributed by atoms with Gasteiger partial charge in [-0.1, -0.05) is 19.1 Å². The van der Waals surface area contributed by atoms with Crippen LogP contribution < -0.4 is 5.32 Å². The fourth-order valence-electron chi connectivity index (χ4n) is 4.25. The molecule has 38 heavy (non-hydrogen) atoms. The second-order valence-electron chi connectivity index (χ2n) is 8.65. The van der Waals surface area contributed by atoms with Gasteiger partial charge in [0.15, 0.2) is 17.4 Å². The molecule has 0 spiro atoms. The van der Waals surface area contributed by atoms with Gasteiger partial charge in [0.25, 0.3) is 0 Å². The third-order valence-corrected chi connectivity index (χ3v) is 7.34. The van der Waals surface area contributed by atoms with Crippen LogP contribution in [0.5, 0.6) is 0 Å². The number of hydrogen-bond donors (Lipinski definition) is 3. The molecule has 1 aromatic carbocycles. The third-order valence-electron chi connectivity index (χ3n) is 6.12. The number of halogens is 1. The molecule has 1 amide bonds. The average molecular weight is 526 g/mol. The number of rotatable bonds is 6. The van der Waals surface area contributed by atoms with Gasteiger partial charge in [-0.05, 0) is 31.2 Å². The molecule has 3 N–H and O–H groups in total. The summed E-state index contributed by atoms with van der Waals surface area (Å²) >= 11 is 1.40. The fourth-order valence-corrected chi connectivity index (χ4v) is 5.18. The summed E-state index contributed by atoms with van der Waals surface area (Å²) in [5, 5.41) is 10.1. The molecular formula is C27H20FN7O2S. The van der Waals surface area contributed by atoms with E-state index < -0.39 is 5.82 Å². The largest absolute Gasteiger partial charge is 0.337 e. The average Bonchev–Trinajstić information content (AvgIpc) is 3.67. The SMILES string of the molecule is CCC(=O)Nc1cncc(-c2ncc3[nH]nc(-c4nc5c(-c6ccc(C(C)=O)s6)cccc5[nH]4)c3c2F)c1. The third kappa shape index (κ3) is 4.02. The van der Waals surface area contributed by atoms with Crippen molar-refractivity contribution in [1.82, 2.24) is 30.1 Å². The molecule has 0 unspecified atom stereocenters. The van der Waals surface area contributed by atoms with E-state index in [0.29, 0.717) is 45.1 Å². The van der Waals surface area contributed by atoms with Gasteiger partial charge in [0.1, 0.15) is 11.4 Å². The molecule has 11 heteroatoms. The lowest BCUT2D eigenvalue weighted by Gasteiger charge is -2.07. The summed E-state index contributed by atoms with van der Waals surface area (Å²) in [5.41, 5.74) is 3.97. The molecule has 0 aliphatic heterocycles. The number of hydrogen-bond acceptors (Lipinski definition) is 7. The molecule has 5 aromatic heterocycles. The van der Waals surface area contributed by atoms with E-state index >= 15 is 4.39 Å². The molecular weight excluding hydrogens is 505 g/mol. The van der Waals surface area contributed by atoms with Crippen molar-refractivity contribution in [2.24, 2.45) is 0 Å². The van der Waals surface area contributed by atoms with E-state index in [-0.39, 0.29) is 22.8 Å². The number of anilines is 1. The molecule has 6 rings (SSSR count). The summed E-state index contributed by atoms with van der Waals surface area (Å²) in [7, 11) is 0. The van der Waals surface area contributed by atoms with Crippen molar-refractivity contribution in [3.05, 3.63) is 65.7 Å². The van der Waals surface area contributed by atoms with Gasteiger partial charge >= 0.3 is 0 Å². The van der Waals surface area contributed by atoms with Gasteiger partial charge in [-0.25, -0.2) is 9.37 Å². The van der Waals surface area contributed by atoms with Crippen LogP contribution >= 0.6 is 11.3 Å². The van der Waals surface area contributed by atoms with Crippen LogP contribution in [0.2, 0.25) is 0 Å². The highest BCUT2D eigenvalue weighted by Gasteiger charge is 2.22. The van der Waals surface area contributed by atoms with Crippen molar-refractivity contribution < 1.29 is 14.0 Å². The Bertz CT molecular complexity index is 1870. The molecule has 0 bridgehead atoms. The van der Waals surface area contributed by atoms with Crippen LogP contribution in [-0.4, -0.2) is 41.8 Å². The Hall–Kier alpha value is -4.77. The number of carbonyl (C=O) groups is 2. The van der Waals surface area contributed by atoms with Gasteiger partial charge < -0.3 is 10.3 Å². The number of aromatic amines is 2. The summed E-state index contributed by atoms with van der Waals surface area (Å²) < 4.78 is 16.0. The highest BCUT2D eigenvalue weighted by atomic mass is 32.1. The molecule has 0 saturated carbocycles. The smallest absolute Gasteiger partial charge is 0.224 e. The first kappa shape index (κ1) is 23.6. The predicted octanol–water partition coefficient (Wildman–Crippen LogP) is 5.98. The zero-order chi connectivity index (χ0) is 26.4. The predicted molar refractivity (Wildman–Crippen MR) is 144 cm³/mol. The number of benzene rings is 1. The Kier molecular flexibility index (Phi) is 5.76. The van der Waals surface area contributed by atoms with Crippen LogP contribution in [0, 0.1) is 5.82 Å². The number of thiophene rings is 1. The maximum absolute atomic E-state index is 16.0. The number of aromatic nitrogens is 6. The van der Waals surface area contributed by atoms with Crippen LogP contribution in [-0.2, 0) is 4.79 Å². The summed E-state index contributed by atoms with van der Waals surface area (Å²) in [4.78, 5) is 41.6. The lowest BCUT2D eigenvalue weighted by Crippen LogP contribution is -2.09. The minimum Gasteiger partial charge on any atom is -0.337 e. The van der Waals surface area contributed by atoms with Crippen molar-refractivity contribution >= 4 is 50.7 Å². The lowest BCUT2D eigenvalue weighted by atomic mass is 10.1. The van der Waals surface area contributed by atoms with Crippen molar-refractivity contribution in [3.8, 4) is 33.2 Å². The van der Waals surface area contributed by atoms with Crippen LogP contribution in [0.25, 0.3) is 55.2 Å². The zero-order valence-electron chi connectivity index (χ0n) is 20.3. The van der Waals surface area contributed by atoms with Crippen molar-refractivity contribution in [1.29, 1.82) is 0 Å². The van der Waals surface area contributed by atoms with Gasteiger partial charge in [0.2, 0.25) is 5.91 Å². The highest BCUT2D eigenvalue weighted by Crippen LogP contribution is 2.36. The van der Waals surface area contributed by atoms with Crippen molar-refractivity contribution in [3.63, 3.8) is 0 Å². The van der Waals surface area contributed by atoms with Gasteiger partial charge in [0, 0.05) is 28.6 Å². The second kappa shape index (κ2) is 9.27. The molecule has 0 atom stereocenters. The second-order valence-corrected chi connectivity index (χ2v) is 9.74. The Morgan fingerprint density at radius 3 is 2.74 bits per heavy atom. The standard InChI is InChI=1S/C27H20FN7O2S/c1-3-21(37)31-15-9-14(10-29-11-15)24-23(28)22-18(12-30-24)34-35-26(22)27-32-17-6-4-5-16(25(17)33-27)20-8-7-19(38-20)13(2)36/h4-12H,3H2,1-2H3,(H,31,37)(H,32,33)(H,34,35). The molecule has 0 fully saturated rings. The molecule has 6 aromatic rings. The van der Waals surface area contributed by atoms with E-state index in [4.69, 9.17) is 4.98 Å². The number of amides is 1. The highest BCUT2D eigenvalue weighted by molar-refractivity contribution is 7.17. The first-order valence-electron chi connectivity index (χ1n) is 11.8. The van der Waals surface area contributed by atoms with Crippen LogP contribution in [0.1, 0.15) is 29.9 Å². The number of nitrogens with one attached hydrogen (secondary N) is 3. The van der Waals surface area contributed by atoms with E-state index in [0.717, 1.165) is 16.0 Å². The molecule has 0 aliphatic rings. The number of nitrogens with zero attached hydrogens (tertiary/aromatic N) is 4. The minimum absolute atomic E-state index is 0.00695. The summed E-state index contributed by atoms with van der Waals surface area (Å²) in [6, 6.07) is 11.0. The van der Waals surface area contributed by atoms with Crippen LogP contribution in [0.3, 0.4) is 0 Å². The van der Waals surface area contributed by atoms with E-state index in [1.807, 2.05) is 24.3 Å². The number of H-pyrrole nitrogens is 2. The molecule has 0 radical (unpaired) electrons. The Balaban J connectivity index is 1.45. The first-order chi connectivity index (χ1) is 18.4. The summed E-state index contributed by atoms with van der Waals surface area (Å²) in [6.45, 7) is 3.28. The van der Waals surface area contributed by atoms with Crippen LogP contribution in [0.4, 0.5) is 10.1 Å². The minimum atomic E-state index is -0.586. The molecule has 0 saturated heterocycles. The molecule has 9 nitrogen and oxygen atoms in total. The number of ketones is 1. The Morgan fingerprint density at radius 2 is 1.95 bits per heavy atom. The van der Waals surface area contributed by atoms with E-state index in [1.54, 1.807) is 19.1 Å². The number of imidazole rings is 1. The number of Topliss-reactive ketones (excluding diaryl/α,β-unsaturated/α-hetero) is 1. The van der Waals surface area contributed by atoms with E-state index in [1.165, 1.54) is 36.9 Å². The first-order valence-corrected chi connectivity index (χ1v) is 12.6. The number of pyridine rings is 2. The fraction of sp³-hybridized carbons (Fsp3) is 0.111. The maximum atomic E-state index is 16.0. The van der Waals surface area contributed by atoms with Gasteiger partial charge in [-0.3, -0.25) is 24.7 Å². The van der Waals surface area contributed by atoms with Crippen LogP contribution in [0.15, 0.2) is 55.0 Å². The van der Waals surface area contributed by atoms with Gasteiger partial charge in [0.05, 0.1) is 44.9 Å². The quantitative estimate of drug-likeness (QED) is 0.229. The van der Waals surface area contributed by atoms with Gasteiger partial charge in [-0.2, -0.15) is 5.10 Å². The normalized spacial score (nSPS) is 11.3. The van der Waals surface area contributed by atoms with E-state index in [2.05, 4.69) is 30.5 Å². The molecule has 188 valence electrons. The van der Waals surface area contributed by atoms with Crippen molar-refractivity contribution in [2.45, 2.75) is 20.3 Å².